The zero-order chi connectivity index (χ0) is 21.5. The number of pyridine rings is 3. The summed E-state index contributed by atoms with van der Waals surface area (Å²) in [7, 11) is 0. The number of carbonyl (C=O) groups is 1. The molecule has 8 heteroatoms. The Bertz CT molecular complexity index is 1150. The lowest BCUT2D eigenvalue weighted by atomic mass is 10.2. The smallest absolute Gasteiger partial charge is 0.258 e. The Hall–Kier alpha value is -3.78. The molecule has 0 saturated heterocycles. The molecule has 4 rings (SSSR count). The zero-order valence-corrected chi connectivity index (χ0v) is 17.8. The minimum Gasteiger partial charge on any atom is -0.485 e. The molecule has 154 valence electrons. The summed E-state index contributed by atoms with van der Waals surface area (Å²) in [4.78, 5) is 25.1. The molecular weight excluding hydrogens is 460 g/mol. The highest BCUT2D eigenvalue weighted by Gasteiger charge is 2.12. The number of aromatic nitrogens is 3. The Morgan fingerprint density at radius 1 is 0.935 bits per heavy atom. The van der Waals surface area contributed by atoms with Crippen LogP contribution >= 0.6 is 15.9 Å². The van der Waals surface area contributed by atoms with Gasteiger partial charge in [0.15, 0.2) is 11.6 Å². The molecule has 0 aliphatic rings. The van der Waals surface area contributed by atoms with E-state index in [1.54, 1.807) is 42.9 Å². The van der Waals surface area contributed by atoms with E-state index in [0.717, 1.165) is 10.0 Å². The molecule has 7 nitrogen and oxygen atoms in total. The predicted octanol–water partition coefficient (Wildman–Crippen LogP) is 5.26. The number of carbonyl (C=O) groups excluding carboxylic acids is 1. The molecule has 0 saturated carbocycles. The molecule has 1 aromatic carbocycles. The third kappa shape index (κ3) is 5.64. The minimum absolute atomic E-state index is 0.330. The van der Waals surface area contributed by atoms with Crippen molar-refractivity contribution in [1.82, 2.24) is 15.0 Å². The van der Waals surface area contributed by atoms with Crippen LogP contribution in [0.5, 0.6) is 17.4 Å². The molecule has 3 aromatic heterocycles. The van der Waals surface area contributed by atoms with Gasteiger partial charge in [0.05, 0.1) is 5.56 Å². The number of anilines is 1. The fourth-order valence-electron chi connectivity index (χ4n) is 2.62. The van der Waals surface area contributed by atoms with Gasteiger partial charge >= 0.3 is 0 Å². The van der Waals surface area contributed by atoms with Crippen LogP contribution in [0.3, 0.4) is 0 Å². The molecule has 0 aliphatic heterocycles. The average molecular weight is 477 g/mol. The Balaban J connectivity index is 1.40. The number of amides is 1. The second kappa shape index (κ2) is 9.82. The Morgan fingerprint density at radius 2 is 1.74 bits per heavy atom. The first-order chi connectivity index (χ1) is 15.2. The Labute approximate surface area is 187 Å². The summed E-state index contributed by atoms with van der Waals surface area (Å²) in [5.41, 5.74) is 1.33. The van der Waals surface area contributed by atoms with Gasteiger partial charge in [0.25, 0.3) is 5.91 Å². The Morgan fingerprint density at radius 3 is 2.48 bits per heavy atom. The molecule has 3 heterocycles. The number of nitrogens with one attached hydrogen (secondary N) is 1. The number of halogens is 1. The summed E-state index contributed by atoms with van der Waals surface area (Å²) >= 11 is 3.38. The highest BCUT2D eigenvalue weighted by atomic mass is 79.9. The summed E-state index contributed by atoms with van der Waals surface area (Å²) in [5, 5.41) is 2.77. The standard InChI is InChI=1S/C23H17BrN4O3/c24-18-4-6-19(7-5-18)31-21-8-3-17(14-27-21)23(29)28-22-20(2-1-11-26-22)30-15-16-9-12-25-13-10-16/h1-14H,15H2,(H,26,28,29). The van der Waals surface area contributed by atoms with E-state index < -0.39 is 0 Å². The van der Waals surface area contributed by atoms with E-state index in [1.165, 1.54) is 6.20 Å². The maximum atomic E-state index is 12.6. The quantitative estimate of drug-likeness (QED) is 0.391. The van der Waals surface area contributed by atoms with Gasteiger partial charge in [-0.15, -0.1) is 0 Å². The molecule has 0 unspecified atom stereocenters. The van der Waals surface area contributed by atoms with Crippen molar-refractivity contribution < 1.29 is 14.3 Å². The molecule has 0 bridgehead atoms. The molecule has 31 heavy (non-hydrogen) atoms. The second-order valence-electron chi connectivity index (χ2n) is 6.39. The first kappa shape index (κ1) is 20.5. The van der Waals surface area contributed by atoms with E-state index >= 15 is 0 Å². The number of rotatable bonds is 7. The largest absolute Gasteiger partial charge is 0.485 e. The van der Waals surface area contributed by atoms with Crippen LogP contribution in [0.4, 0.5) is 5.82 Å². The Kier molecular flexibility index (Phi) is 6.49. The fourth-order valence-corrected chi connectivity index (χ4v) is 2.88. The van der Waals surface area contributed by atoms with Crippen LogP contribution in [0.25, 0.3) is 0 Å². The van der Waals surface area contributed by atoms with Gasteiger partial charge in [-0.2, -0.15) is 0 Å². The molecule has 0 atom stereocenters. The lowest BCUT2D eigenvalue weighted by Gasteiger charge is -2.11. The molecule has 0 spiro atoms. The van der Waals surface area contributed by atoms with Crippen LogP contribution in [0.1, 0.15) is 15.9 Å². The van der Waals surface area contributed by atoms with Gasteiger partial charge in [0, 0.05) is 35.3 Å². The minimum atomic E-state index is -0.352. The summed E-state index contributed by atoms with van der Waals surface area (Å²) in [6.07, 6.45) is 6.43. The number of nitrogens with zero attached hydrogens (tertiary/aromatic N) is 3. The van der Waals surface area contributed by atoms with E-state index in [0.29, 0.717) is 35.4 Å². The highest BCUT2D eigenvalue weighted by Crippen LogP contribution is 2.24. The van der Waals surface area contributed by atoms with Crippen molar-refractivity contribution in [3.63, 3.8) is 0 Å². The fraction of sp³-hybridized carbons (Fsp3) is 0.0435. The molecule has 4 aromatic rings. The summed E-state index contributed by atoms with van der Waals surface area (Å²) in [5.74, 6) is 1.48. The van der Waals surface area contributed by atoms with Crippen molar-refractivity contribution in [2.45, 2.75) is 6.61 Å². The van der Waals surface area contributed by atoms with Gasteiger partial charge in [0.2, 0.25) is 5.88 Å². The van der Waals surface area contributed by atoms with Crippen LogP contribution in [0, 0.1) is 0 Å². The second-order valence-corrected chi connectivity index (χ2v) is 7.31. The lowest BCUT2D eigenvalue weighted by Crippen LogP contribution is -2.14. The van der Waals surface area contributed by atoms with Gasteiger partial charge in [0.1, 0.15) is 12.4 Å². The average Bonchev–Trinajstić information content (AvgIpc) is 2.81. The van der Waals surface area contributed by atoms with Gasteiger partial charge in [-0.05, 0) is 60.2 Å². The van der Waals surface area contributed by atoms with Crippen molar-refractivity contribution in [3.05, 3.63) is 101 Å². The van der Waals surface area contributed by atoms with Gasteiger partial charge in [-0.1, -0.05) is 15.9 Å². The van der Waals surface area contributed by atoms with Crippen LogP contribution in [0.15, 0.2) is 89.9 Å². The summed E-state index contributed by atoms with van der Waals surface area (Å²) < 4.78 is 12.4. The third-order valence-corrected chi connectivity index (χ3v) is 4.71. The topological polar surface area (TPSA) is 86.2 Å². The monoisotopic (exact) mass is 476 g/mol. The van der Waals surface area contributed by atoms with E-state index in [1.807, 2.05) is 36.4 Å². The maximum Gasteiger partial charge on any atom is 0.258 e. The lowest BCUT2D eigenvalue weighted by molar-refractivity contribution is 0.102. The SMILES string of the molecule is O=C(Nc1ncccc1OCc1ccncc1)c1ccc(Oc2ccc(Br)cc2)nc1. The van der Waals surface area contributed by atoms with Gasteiger partial charge < -0.3 is 14.8 Å². The van der Waals surface area contributed by atoms with Crippen molar-refractivity contribution in [3.8, 4) is 17.4 Å². The molecule has 0 fully saturated rings. The molecule has 1 N–H and O–H groups in total. The van der Waals surface area contributed by atoms with Crippen molar-refractivity contribution >= 4 is 27.7 Å². The number of ether oxygens (including phenoxy) is 2. The number of benzene rings is 1. The van der Waals surface area contributed by atoms with E-state index in [2.05, 4.69) is 36.2 Å². The van der Waals surface area contributed by atoms with Gasteiger partial charge in [-0.25, -0.2) is 9.97 Å². The number of hydrogen-bond donors (Lipinski definition) is 1. The van der Waals surface area contributed by atoms with Crippen LogP contribution in [-0.2, 0) is 6.61 Å². The normalized spacial score (nSPS) is 10.4. The van der Waals surface area contributed by atoms with Crippen molar-refractivity contribution in [1.29, 1.82) is 0 Å². The highest BCUT2D eigenvalue weighted by molar-refractivity contribution is 9.10. The van der Waals surface area contributed by atoms with Crippen molar-refractivity contribution in [2.75, 3.05) is 5.32 Å². The van der Waals surface area contributed by atoms with Crippen molar-refractivity contribution in [2.24, 2.45) is 0 Å². The summed E-state index contributed by atoms with van der Waals surface area (Å²) in [6.45, 7) is 0.334. The first-order valence-electron chi connectivity index (χ1n) is 9.35. The predicted molar refractivity (Wildman–Crippen MR) is 119 cm³/mol. The van der Waals surface area contributed by atoms with E-state index in [9.17, 15) is 4.79 Å². The molecule has 1 amide bonds. The third-order valence-electron chi connectivity index (χ3n) is 4.18. The van der Waals surface area contributed by atoms with Crippen LogP contribution < -0.4 is 14.8 Å². The number of hydrogen-bond acceptors (Lipinski definition) is 6. The maximum absolute atomic E-state index is 12.6. The van der Waals surface area contributed by atoms with Crippen LogP contribution in [-0.4, -0.2) is 20.9 Å². The molecule has 0 aliphatic carbocycles. The van der Waals surface area contributed by atoms with E-state index in [-0.39, 0.29) is 5.91 Å². The molecular formula is C23H17BrN4O3. The zero-order valence-electron chi connectivity index (χ0n) is 16.2. The summed E-state index contributed by atoms with van der Waals surface area (Å²) in [6, 6.07) is 17.9. The first-order valence-corrected chi connectivity index (χ1v) is 10.1. The van der Waals surface area contributed by atoms with Gasteiger partial charge in [-0.3, -0.25) is 9.78 Å². The molecule has 0 radical (unpaired) electrons. The van der Waals surface area contributed by atoms with E-state index in [4.69, 9.17) is 9.47 Å². The van der Waals surface area contributed by atoms with Crippen LogP contribution in [0.2, 0.25) is 0 Å².